The highest BCUT2D eigenvalue weighted by Gasteiger charge is 2.28. The summed E-state index contributed by atoms with van der Waals surface area (Å²) in [4.78, 5) is 4.72. The second kappa shape index (κ2) is 6.47. The predicted octanol–water partition coefficient (Wildman–Crippen LogP) is 3.48. The van der Waals surface area contributed by atoms with Crippen LogP contribution in [0.15, 0.2) is 5.38 Å². The van der Waals surface area contributed by atoms with Gasteiger partial charge in [0.15, 0.2) is 0 Å². The Morgan fingerprint density at radius 2 is 2.18 bits per heavy atom. The van der Waals surface area contributed by atoms with E-state index in [2.05, 4.69) is 38.4 Å². The van der Waals surface area contributed by atoms with E-state index in [4.69, 9.17) is 9.72 Å². The van der Waals surface area contributed by atoms with Crippen LogP contribution in [-0.2, 0) is 10.3 Å². The Morgan fingerprint density at radius 1 is 1.47 bits per heavy atom. The first-order valence-electron chi connectivity index (χ1n) is 6.40. The lowest BCUT2D eigenvalue weighted by Gasteiger charge is -2.25. The largest absolute Gasteiger partial charge is 0.368 e. The van der Waals surface area contributed by atoms with Crippen molar-refractivity contribution in [3.63, 3.8) is 0 Å². The predicted molar refractivity (Wildman–Crippen MR) is 73.5 cm³/mol. The zero-order valence-corrected chi connectivity index (χ0v) is 12.4. The molecule has 1 aromatic heterocycles. The lowest BCUT2D eigenvalue weighted by Crippen LogP contribution is -2.25. The van der Waals surface area contributed by atoms with Crippen LogP contribution in [0, 0.1) is 0 Å². The number of nitrogens with one attached hydrogen (secondary N) is 1. The molecule has 0 aliphatic rings. The minimum atomic E-state index is -0.233. The van der Waals surface area contributed by atoms with Crippen molar-refractivity contribution in [1.82, 2.24) is 10.3 Å². The fourth-order valence-electron chi connectivity index (χ4n) is 1.77. The minimum Gasteiger partial charge on any atom is -0.368 e. The van der Waals surface area contributed by atoms with Crippen LogP contribution >= 0.6 is 11.3 Å². The number of rotatable bonds is 7. The molecule has 0 saturated heterocycles. The number of hydrogen-bond acceptors (Lipinski definition) is 4. The maximum Gasteiger partial charge on any atom is 0.125 e. The molecule has 1 rings (SSSR count). The molecule has 2 atom stereocenters. The van der Waals surface area contributed by atoms with Gasteiger partial charge in [-0.15, -0.1) is 11.3 Å². The SMILES string of the molecule is CCNC(C)c1csc(C(C)(CC)OCC)n1. The first kappa shape index (κ1) is 14.6. The summed E-state index contributed by atoms with van der Waals surface area (Å²) in [5.41, 5.74) is 0.884. The van der Waals surface area contributed by atoms with Crippen molar-refractivity contribution in [2.75, 3.05) is 13.2 Å². The van der Waals surface area contributed by atoms with Gasteiger partial charge in [0.1, 0.15) is 10.6 Å². The normalized spacial score (nSPS) is 16.8. The van der Waals surface area contributed by atoms with Crippen molar-refractivity contribution in [2.45, 2.75) is 52.7 Å². The lowest BCUT2D eigenvalue weighted by molar-refractivity contribution is -0.0325. The molecule has 4 heteroatoms. The van der Waals surface area contributed by atoms with E-state index in [1.165, 1.54) is 0 Å². The van der Waals surface area contributed by atoms with Crippen molar-refractivity contribution in [1.29, 1.82) is 0 Å². The zero-order valence-electron chi connectivity index (χ0n) is 11.5. The molecule has 0 amide bonds. The number of thiazole rings is 1. The van der Waals surface area contributed by atoms with Crippen molar-refractivity contribution in [3.8, 4) is 0 Å². The van der Waals surface area contributed by atoms with Crippen molar-refractivity contribution in [3.05, 3.63) is 16.1 Å². The average Bonchev–Trinajstić information content (AvgIpc) is 2.79. The van der Waals surface area contributed by atoms with Gasteiger partial charge in [-0.05, 0) is 33.7 Å². The Balaban J connectivity index is 2.85. The number of hydrogen-bond donors (Lipinski definition) is 1. The molecule has 3 nitrogen and oxygen atoms in total. The second-order valence-electron chi connectivity index (χ2n) is 4.37. The number of aromatic nitrogens is 1. The Morgan fingerprint density at radius 3 is 2.71 bits per heavy atom. The summed E-state index contributed by atoms with van der Waals surface area (Å²) in [5, 5.41) is 6.60. The average molecular weight is 256 g/mol. The van der Waals surface area contributed by atoms with Crippen LogP contribution in [0.5, 0.6) is 0 Å². The monoisotopic (exact) mass is 256 g/mol. The second-order valence-corrected chi connectivity index (χ2v) is 5.23. The van der Waals surface area contributed by atoms with Gasteiger partial charge in [-0.2, -0.15) is 0 Å². The van der Waals surface area contributed by atoms with Crippen molar-refractivity contribution >= 4 is 11.3 Å². The summed E-state index contributed by atoms with van der Waals surface area (Å²) in [5.74, 6) is 0. The van der Waals surface area contributed by atoms with Gasteiger partial charge in [-0.25, -0.2) is 4.98 Å². The Kier molecular flexibility index (Phi) is 5.56. The van der Waals surface area contributed by atoms with E-state index < -0.39 is 0 Å². The Hall–Kier alpha value is -0.450. The third-order valence-corrected chi connectivity index (χ3v) is 4.17. The highest BCUT2D eigenvalue weighted by molar-refractivity contribution is 7.09. The summed E-state index contributed by atoms with van der Waals surface area (Å²) in [6.45, 7) is 12.2. The fourth-order valence-corrected chi connectivity index (χ4v) is 2.87. The molecule has 0 radical (unpaired) electrons. The molecule has 17 heavy (non-hydrogen) atoms. The summed E-state index contributed by atoms with van der Waals surface area (Å²) in [6, 6.07) is 0.313. The molecule has 0 aromatic carbocycles. The van der Waals surface area contributed by atoms with Crippen LogP contribution in [0.1, 0.15) is 57.8 Å². The smallest absolute Gasteiger partial charge is 0.125 e. The topological polar surface area (TPSA) is 34.1 Å². The van der Waals surface area contributed by atoms with Gasteiger partial charge in [-0.3, -0.25) is 0 Å². The molecule has 0 aliphatic carbocycles. The summed E-state index contributed by atoms with van der Waals surface area (Å²) in [6.07, 6.45) is 0.948. The third kappa shape index (κ3) is 3.50. The van der Waals surface area contributed by atoms with Gasteiger partial charge in [0.2, 0.25) is 0 Å². The van der Waals surface area contributed by atoms with Crippen molar-refractivity contribution in [2.24, 2.45) is 0 Å². The van der Waals surface area contributed by atoms with E-state index >= 15 is 0 Å². The Labute approximate surface area is 109 Å². The van der Waals surface area contributed by atoms with Gasteiger partial charge >= 0.3 is 0 Å². The van der Waals surface area contributed by atoms with Crippen LogP contribution in [0.25, 0.3) is 0 Å². The van der Waals surface area contributed by atoms with Crippen LogP contribution < -0.4 is 5.32 Å². The summed E-state index contributed by atoms with van der Waals surface area (Å²) >= 11 is 1.70. The first-order chi connectivity index (χ1) is 8.07. The maximum absolute atomic E-state index is 5.85. The molecule has 98 valence electrons. The quantitative estimate of drug-likeness (QED) is 0.811. The molecule has 0 spiro atoms. The molecule has 0 fully saturated rings. The Bertz CT molecular complexity index is 340. The van der Waals surface area contributed by atoms with E-state index in [0.717, 1.165) is 30.3 Å². The summed E-state index contributed by atoms with van der Waals surface area (Å²) < 4.78 is 5.85. The molecular weight excluding hydrogens is 232 g/mol. The van der Waals surface area contributed by atoms with E-state index in [0.29, 0.717) is 6.04 Å². The van der Waals surface area contributed by atoms with Gasteiger partial charge in [0, 0.05) is 18.0 Å². The number of nitrogens with zero attached hydrogens (tertiary/aromatic N) is 1. The van der Waals surface area contributed by atoms with E-state index in [9.17, 15) is 0 Å². The molecule has 0 saturated carbocycles. The highest BCUT2D eigenvalue weighted by atomic mass is 32.1. The van der Waals surface area contributed by atoms with E-state index in [-0.39, 0.29) is 5.60 Å². The third-order valence-electron chi connectivity index (χ3n) is 3.07. The molecule has 1 N–H and O–H groups in total. The van der Waals surface area contributed by atoms with Crippen LogP contribution in [0.3, 0.4) is 0 Å². The lowest BCUT2D eigenvalue weighted by atomic mass is 10.0. The van der Waals surface area contributed by atoms with Gasteiger partial charge in [0.25, 0.3) is 0 Å². The summed E-state index contributed by atoms with van der Waals surface area (Å²) in [7, 11) is 0. The first-order valence-corrected chi connectivity index (χ1v) is 7.28. The highest BCUT2D eigenvalue weighted by Crippen LogP contribution is 2.32. The van der Waals surface area contributed by atoms with Crippen molar-refractivity contribution < 1.29 is 4.74 Å². The van der Waals surface area contributed by atoms with Gasteiger partial charge in [-0.1, -0.05) is 13.8 Å². The molecule has 1 heterocycles. The van der Waals surface area contributed by atoms with E-state index in [1.54, 1.807) is 11.3 Å². The number of ether oxygens (including phenoxy) is 1. The molecule has 1 aromatic rings. The van der Waals surface area contributed by atoms with Gasteiger partial charge in [0.05, 0.1) is 5.69 Å². The molecule has 0 bridgehead atoms. The zero-order chi connectivity index (χ0) is 12.9. The molecule has 2 unspecified atom stereocenters. The molecular formula is C13H24N2OS. The van der Waals surface area contributed by atoms with E-state index in [1.807, 2.05) is 6.92 Å². The fraction of sp³-hybridized carbons (Fsp3) is 0.769. The van der Waals surface area contributed by atoms with Crippen LogP contribution in [0.4, 0.5) is 0 Å². The standard InChI is InChI=1S/C13H24N2OS/c1-6-13(5,16-8-3)12-15-11(9-17-12)10(4)14-7-2/h9-10,14H,6-8H2,1-5H3. The minimum absolute atomic E-state index is 0.233. The van der Waals surface area contributed by atoms with Crippen LogP contribution in [0.2, 0.25) is 0 Å². The van der Waals surface area contributed by atoms with Gasteiger partial charge < -0.3 is 10.1 Å². The van der Waals surface area contributed by atoms with Crippen LogP contribution in [-0.4, -0.2) is 18.1 Å². The molecule has 0 aliphatic heterocycles. The maximum atomic E-state index is 5.85.